The second-order valence-electron chi connectivity index (χ2n) is 5.71. The Bertz CT molecular complexity index is 180. The monoisotopic (exact) mass is 214 g/mol. The Labute approximate surface area is 94.2 Å². The lowest BCUT2D eigenvalue weighted by Gasteiger charge is -2.39. The average molecular weight is 214 g/mol. The SMILES string of the molecule is CC(C)C(CNCC1(C)COC1)N(C)C. The molecule has 15 heavy (non-hydrogen) atoms. The molecule has 1 heterocycles. The van der Waals surface area contributed by atoms with Crippen molar-refractivity contribution in [3.8, 4) is 0 Å². The molecule has 0 saturated carbocycles. The van der Waals surface area contributed by atoms with E-state index in [2.05, 4.69) is 45.1 Å². The van der Waals surface area contributed by atoms with Gasteiger partial charge in [-0.2, -0.15) is 0 Å². The van der Waals surface area contributed by atoms with Crippen molar-refractivity contribution in [2.75, 3.05) is 40.4 Å². The van der Waals surface area contributed by atoms with Crippen molar-refractivity contribution in [1.29, 1.82) is 0 Å². The van der Waals surface area contributed by atoms with Crippen molar-refractivity contribution in [1.82, 2.24) is 10.2 Å². The van der Waals surface area contributed by atoms with Crippen LogP contribution in [0.4, 0.5) is 0 Å². The van der Waals surface area contributed by atoms with Gasteiger partial charge in [0.05, 0.1) is 13.2 Å². The van der Waals surface area contributed by atoms with E-state index in [0.717, 1.165) is 26.3 Å². The molecule has 1 N–H and O–H groups in total. The Morgan fingerprint density at radius 1 is 1.33 bits per heavy atom. The van der Waals surface area contributed by atoms with E-state index in [0.29, 0.717) is 17.4 Å². The molecule has 1 atom stereocenters. The molecule has 3 heteroatoms. The Morgan fingerprint density at radius 2 is 1.93 bits per heavy atom. The third-order valence-electron chi connectivity index (χ3n) is 3.24. The first-order valence-electron chi connectivity index (χ1n) is 5.89. The maximum absolute atomic E-state index is 5.24. The highest BCUT2D eigenvalue weighted by atomic mass is 16.5. The first kappa shape index (κ1) is 12.9. The van der Waals surface area contributed by atoms with Crippen LogP contribution in [0.5, 0.6) is 0 Å². The molecule has 1 aliphatic heterocycles. The predicted octanol–water partition coefficient (Wildman–Crippen LogP) is 1.20. The fourth-order valence-corrected chi connectivity index (χ4v) is 2.09. The number of hydrogen-bond donors (Lipinski definition) is 1. The zero-order valence-electron chi connectivity index (χ0n) is 10.8. The minimum absolute atomic E-state index is 0.383. The highest BCUT2D eigenvalue weighted by Gasteiger charge is 2.33. The van der Waals surface area contributed by atoms with Crippen LogP contribution in [0.1, 0.15) is 20.8 Å². The normalized spacial score (nSPS) is 21.8. The summed E-state index contributed by atoms with van der Waals surface area (Å²) in [7, 11) is 4.31. The van der Waals surface area contributed by atoms with Gasteiger partial charge in [-0.25, -0.2) is 0 Å². The van der Waals surface area contributed by atoms with Gasteiger partial charge < -0.3 is 15.0 Å². The summed E-state index contributed by atoms with van der Waals surface area (Å²) in [6.07, 6.45) is 0. The Morgan fingerprint density at radius 3 is 2.27 bits per heavy atom. The molecular weight excluding hydrogens is 188 g/mol. The largest absolute Gasteiger partial charge is 0.380 e. The standard InChI is InChI=1S/C12H26N2O/c1-10(2)11(14(4)5)6-13-7-12(3)8-15-9-12/h10-11,13H,6-9H2,1-5H3. The van der Waals surface area contributed by atoms with Gasteiger partial charge >= 0.3 is 0 Å². The van der Waals surface area contributed by atoms with Gasteiger partial charge in [0.2, 0.25) is 0 Å². The summed E-state index contributed by atoms with van der Waals surface area (Å²) in [5.41, 5.74) is 0.383. The topological polar surface area (TPSA) is 24.5 Å². The van der Waals surface area contributed by atoms with Crippen LogP contribution < -0.4 is 5.32 Å². The summed E-state index contributed by atoms with van der Waals surface area (Å²) in [6, 6.07) is 0.620. The van der Waals surface area contributed by atoms with Gasteiger partial charge in [0.15, 0.2) is 0 Å². The van der Waals surface area contributed by atoms with Crippen LogP contribution in [0.3, 0.4) is 0 Å². The lowest BCUT2D eigenvalue weighted by atomic mass is 9.88. The Kier molecular flexibility index (Phi) is 4.56. The molecule has 0 aliphatic carbocycles. The molecule has 3 nitrogen and oxygen atoms in total. The molecule has 1 unspecified atom stereocenters. The van der Waals surface area contributed by atoms with Crippen molar-refractivity contribution < 1.29 is 4.74 Å². The molecule has 1 aliphatic rings. The summed E-state index contributed by atoms with van der Waals surface area (Å²) in [4.78, 5) is 2.30. The van der Waals surface area contributed by atoms with Crippen LogP contribution >= 0.6 is 0 Å². The second-order valence-corrected chi connectivity index (χ2v) is 5.71. The van der Waals surface area contributed by atoms with Gasteiger partial charge in [-0.3, -0.25) is 0 Å². The second kappa shape index (κ2) is 5.28. The summed E-state index contributed by atoms with van der Waals surface area (Å²) in [5, 5.41) is 3.57. The molecule has 1 fully saturated rings. The maximum Gasteiger partial charge on any atom is 0.0554 e. The van der Waals surface area contributed by atoms with Crippen molar-refractivity contribution in [3.63, 3.8) is 0 Å². The third kappa shape index (κ3) is 3.74. The van der Waals surface area contributed by atoms with Crippen LogP contribution in [0.15, 0.2) is 0 Å². The Hall–Kier alpha value is -0.120. The van der Waals surface area contributed by atoms with E-state index >= 15 is 0 Å². The fraction of sp³-hybridized carbons (Fsp3) is 1.00. The van der Waals surface area contributed by atoms with E-state index in [1.165, 1.54) is 0 Å². The fourth-order valence-electron chi connectivity index (χ4n) is 2.09. The van der Waals surface area contributed by atoms with Crippen molar-refractivity contribution in [2.24, 2.45) is 11.3 Å². The number of nitrogens with zero attached hydrogens (tertiary/aromatic N) is 1. The summed E-state index contributed by atoms with van der Waals surface area (Å²) in [5.74, 6) is 0.693. The summed E-state index contributed by atoms with van der Waals surface area (Å²) < 4.78 is 5.24. The number of nitrogens with one attached hydrogen (secondary N) is 1. The van der Waals surface area contributed by atoms with Crippen molar-refractivity contribution >= 4 is 0 Å². The number of rotatable bonds is 6. The lowest BCUT2D eigenvalue weighted by Crippen LogP contribution is -2.50. The minimum Gasteiger partial charge on any atom is -0.380 e. The van der Waals surface area contributed by atoms with Gasteiger partial charge in [0, 0.05) is 24.5 Å². The van der Waals surface area contributed by atoms with Gasteiger partial charge in [-0.15, -0.1) is 0 Å². The van der Waals surface area contributed by atoms with E-state index in [4.69, 9.17) is 4.74 Å². The van der Waals surface area contributed by atoms with Gasteiger partial charge in [-0.1, -0.05) is 20.8 Å². The lowest BCUT2D eigenvalue weighted by molar-refractivity contribution is -0.0994. The highest BCUT2D eigenvalue weighted by molar-refractivity contribution is 4.84. The predicted molar refractivity (Wildman–Crippen MR) is 64.1 cm³/mol. The van der Waals surface area contributed by atoms with E-state index in [1.807, 2.05) is 0 Å². The summed E-state index contributed by atoms with van der Waals surface area (Å²) in [6.45, 7) is 10.8. The molecule has 0 aromatic rings. The molecule has 0 amide bonds. The highest BCUT2D eigenvalue weighted by Crippen LogP contribution is 2.25. The molecule has 1 rings (SSSR count). The minimum atomic E-state index is 0.383. The van der Waals surface area contributed by atoms with Crippen LogP contribution in [0.2, 0.25) is 0 Å². The Balaban J connectivity index is 2.22. The smallest absolute Gasteiger partial charge is 0.0554 e. The zero-order valence-corrected chi connectivity index (χ0v) is 10.8. The van der Waals surface area contributed by atoms with Crippen LogP contribution in [0, 0.1) is 11.3 Å². The zero-order chi connectivity index (χ0) is 11.5. The maximum atomic E-state index is 5.24. The van der Waals surface area contributed by atoms with E-state index in [-0.39, 0.29) is 0 Å². The number of likely N-dealkylation sites (N-methyl/N-ethyl adjacent to an activating group) is 1. The van der Waals surface area contributed by atoms with Crippen molar-refractivity contribution in [3.05, 3.63) is 0 Å². The molecule has 0 bridgehead atoms. The van der Waals surface area contributed by atoms with E-state index in [9.17, 15) is 0 Å². The van der Waals surface area contributed by atoms with Crippen LogP contribution in [-0.4, -0.2) is 51.3 Å². The van der Waals surface area contributed by atoms with Crippen molar-refractivity contribution in [2.45, 2.75) is 26.8 Å². The molecule has 0 radical (unpaired) electrons. The third-order valence-corrected chi connectivity index (χ3v) is 3.24. The summed E-state index contributed by atoms with van der Waals surface area (Å²) >= 11 is 0. The van der Waals surface area contributed by atoms with Crippen LogP contribution in [0.25, 0.3) is 0 Å². The quantitative estimate of drug-likeness (QED) is 0.719. The van der Waals surface area contributed by atoms with Gasteiger partial charge in [0.25, 0.3) is 0 Å². The van der Waals surface area contributed by atoms with E-state index in [1.54, 1.807) is 0 Å². The van der Waals surface area contributed by atoms with Gasteiger partial charge in [-0.05, 0) is 20.0 Å². The number of ether oxygens (including phenoxy) is 1. The van der Waals surface area contributed by atoms with E-state index < -0.39 is 0 Å². The molecule has 90 valence electrons. The average Bonchev–Trinajstić information content (AvgIpc) is 2.08. The molecule has 0 aromatic heterocycles. The molecular formula is C12H26N2O. The molecule has 1 saturated heterocycles. The first-order valence-corrected chi connectivity index (χ1v) is 5.89. The van der Waals surface area contributed by atoms with Crippen LogP contribution in [-0.2, 0) is 4.74 Å². The molecule has 0 spiro atoms. The molecule has 0 aromatic carbocycles. The first-order chi connectivity index (χ1) is 6.94. The number of hydrogen-bond acceptors (Lipinski definition) is 3. The van der Waals surface area contributed by atoms with Gasteiger partial charge in [0.1, 0.15) is 0 Å².